The average Bonchev–Trinajstić information content (AvgIpc) is 3.17. The maximum atomic E-state index is 12.5. The fraction of sp³-hybridized carbons (Fsp3) is 0.333. The fourth-order valence-electron chi connectivity index (χ4n) is 2.96. The second-order valence-corrected chi connectivity index (χ2v) is 7.51. The molecule has 1 aromatic heterocycles. The van der Waals surface area contributed by atoms with E-state index in [4.69, 9.17) is 0 Å². The van der Waals surface area contributed by atoms with Crippen LogP contribution in [0.1, 0.15) is 36.0 Å². The van der Waals surface area contributed by atoms with Gasteiger partial charge in [0.2, 0.25) is 0 Å². The molecule has 0 bridgehead atoms. The highest BCUT2D eigenvalue weighted by atomic mass is 32.1. The molecule has 3 rings (SSSR count). The van der Waals surface area contributed by atoms with E-state index in [0.717, 1.165) is 24.4 Å². The van der Waals surface area contributed by atoms with E-state index in [2.05, 4.69) is 51.4 Å². The Labute approximate surface area is 171 Å². The van der Waals surface area contributed by atoms with Gasteiger partial charge >= 0.3 is 6.36 Å². The predicted octanol–water partition coefficient (Wildman–Crippen LogP) is 5.56. The topological polar surface area (TPSA) is 47.0 Å². The van der Waals surface area contributed by atoms with Gasteiger partial charge in [0.1, 0.15) is 15.8 Å². The molecule has 4 nitrogen and oxygen atoms in total. The summed E-state index contributed by atoms with van der Waals surface area (Å²) in [6.07, 6.45) is -2.98. The number of hydrogen-bond donors (Lipinski definition) is 1. The van der Waals surface area contributed by atoms with E-state index in [1.807, 2.05) is 6.92 Å². The van der Waals surface area contributed by atoms with Crippen molar-refractivity contribution in [2.75, 3.05) is 6.54 Å². The van der Waals surface area contributed by atoms with E-state index in [0.29, 0.717) is 10.6 Å². The van der Waals surface area contributed by atoms with Gasteiger partial charge in [-0.05, 0) is 42.6 Å². The molecule has 8 heteroatoms. The summed E-state index contributed by atoms with van der Waals surface area (Å²) in [5.74, 6) is -0.272. The summed E-state index contributed by atoms with van der Waals surface area (Å²) in [5.41, 5.74) is 3.01. The highest BCUT2D eigenvalue weighted by Crippen LogP contribution is 2.32. The van der Waals surface area contributed by atoms with Crippen LogP contribution in [0.4, 0.5) is 13.2 Å². The van der Waals surface area contributed by atoms with Gasteiger partial charge in [-0.3, -0.25) is 0 Å². The Morgan fingerprint density at radius 1 is 1.03 bits per heavy atom. The third-order valence-electron chi connectivity index (χ3n) is 4.37. The van der Waals surface area contributed by atoms with Crippen molar-refractivity contribution in [2.45, 2.75) is 39.1 Å². The van der Waals surface area contributed by atoms with Gasteiger partial charge < -0.3 is 10.1 Å². The van der Waals surface area contributed by atoms with Crippen LogP contribution in [-0.2, 0) is 12.8 Å². The lowest BCUT2D eigenvalue weighted by Gasteiger charge is -2.15. The lowest BCUT2D eigenvalue weighted by molar-refractivity contribution is -0.274. The number of alkyl halides is 3. The molecule has 1 atom stereocenters. The van der Waals surface area contributed by atoms with Crippen LogP contribution in [-0.4, -0.2) is 23.1 Å². The van der Waals surface area contributed by atoms with Crippen molar-refractivity contribution in [2.24, 2.45) is 0 Å². The highest BCUT2D eigenvalue weighted by Gasteiger charge is 2.31. The van der Waals surface area contributed by atoms with Crippen LogP contribution in [0.15, 0.2) is 48.5 Å². The summed E-state index contributed by atoms with van der Waals surface area (Å²) in [5, 5.41) is 13.2. The van der Waals surface area contributed by atoms with Crippen molar-refractivity contribution in [1.82, 2.24) is 15.5 Å². The van der Waals surface area contributed by atoms with Gasteiger partial charge in [0.15, 0.2) is 0 Å². The van der Waals surface area contributed by atoms with Gasteiger partial charge in [-0.1, -0.05) is 61.6 Å². The first-order valence-corrected chi connectivity index (χ1v) is 10.2. The van der Waals surface area contributed by atoms with Crippen molar-refractivity contribution in [3.05, 3.63) is 64.7 Å². The summed E-state index contributed by atoms with van der Waals surface area (Å²) in [6, 6.07) is 14.2. The van der Waals surface area contributed by atoms with Crippen LogP contribution in [0, 0.1) is 0 Å². The van der Waals surface area contributed by atoms with Crippen LogP contribution in [0.25, 0.3) is 10.6 Å². The molecule has 3 aromatic rings. The molecule has 0 aliphatic rings. The first-order chi connectivity index (χ1) is 13.9. The van der Waals surface area contributed by atoms with Crippen LogP contribution in [0.5, 0.6) is 5.75 Å². The summed E-state index contributed by atoms with van der Waals surface area (Å²) in [7, 11) is 0. The minimum atomic E-state index is -4.73. The van der Waals surface area contributed by atoms with Gasteiger partial charge in [-0.25, -0.2) is 0 Å². The SMILES string of the molecule is CCN[C@@H](Cc1ccc(CC)cc1)c1nnc(-c2cccc(OC(F)(F)F)c2)s1. The Morgan fingerprint density at radius 3 is 2.41 bits per heavy atom. The molecule has 2 aromatic carbocycles. The molecule has 0 saturated carbocycles. The molecule has 1 N–H and O–H groups in total. The molecular weight excluding hydrogens is 399 g/mol. The van der Waals surface area contributed by atoms with E-state index >= 15 is 0 Å². The Balaban J connectivity index is 1.79. The smallest absolute Gasteiger partial charge is 0.406 e. The molecule has 0 saturated heterocycles. The number of hydrogen-bond acceptors (Lipinski definition) is 5. The van der Waals surface area contributed by atoms with Crippen molar-refractivity contribution in [1.29, 1.82) is 0 Å². The van der Waals surface area contributed by atoms with Gasteiger partial charge in [0.25, 0.3) is 0 Å². The van der Waals surface area contributed by atoms with E-state index in [9.17, 15) is 13.2 Å². The van der Waals surface area contributed by atoms with Gasteiger partial charge in [-0.15, -0.1) is 23.4 Å². The predicted molar refractivity (Wildman–Crippen MR) is 108 cm³/mol. The molecule has 0 radical (unpaired) electrons. The van der Waals surface area contributed by atoms with E-state index < -0.39 is 6.36 Å². The number of halogens is 3. The monoisotopic (exact) mass is 421 g/mol. The standard InChI is InChI=1S/C21H22F3N3OS/c1-3-14-8-10-15(11-9-14)12-18(25-4-2)20-27-26-19(29-20)16-6-5-7-17(13-16)28-21(22,23)24/h5-11,13,18,25H,3-4,12H2,1-2H3/t18-/m0/s1. The fourth-order valence-corrected chi connectivity index (χ4v) is 3.87. The summed E-state index contributed by atoms with van der Waals surface area (Å²) >= 11 is 1.37. The van der Waals surface area contributed by atoms with Crippen LogP contribution < -0.4 is 10.1 Å². The third-order valence-corrected chi connectivity index (χ3v) is 5.46. The summed E-state index contributed by atoms with van der Waals surface area (Å²) in [6.45, 7) is 4.91. The molecular formula is C21H22F3N3OS. The lowest BCUT2D eigenvalue weighted by Crippen LogP contribution is -2.22. The minimum Gasteiger partial charge on any atom is -0.406 e. The second kappa shape index (κ2) is 9.37. The molecule has 1 heterocycles. The molecule has 0 unspecified atom stereocenters. The number of aromatic nitrogens is 2. The first kappa shape index (κ1) is 21.3. The maximum Gasteiger partial charge on any atom is 0.573 e. The Kier molecular flexibility index (Phi) is 6.87. The van der Waals surface area contributed by atoms with Crippen molar-refractivity contribution >= 4 is 11.3 Å². The molecule has 154 valence electrons. The third kappa shape index (κ3) is 6.01. The van der Waals surface area contributed by atoms with Crippen molar-refractivity contribution in [3.8, 4) is 16.3 Å². The number of rotatable bonds is 8. The van der Waals surface area contributed by atoms with Crippen molar-refractivity contribution in [3.63, 3.8) is 0 Å². The van der Waals surface area contributed by atoms with E-state index in [1.165, 1.54) is 40.7 Å². The van der Waals surface area contributed by atoms with Gasteiger partial charge in [0.05, 0.1) is 6.04 Å². The van der Waals surface area contributed by atoms with Gasteiger partial charge in [0, 0.05) is 5.56 Å². The lowest BCUT2D eigenvalue weighted by atomic mass is 10.0. The Hall–Kier alpha value is -2.45. The van der Waals surface area contributed by atoms with E-state index in [-0.39, 0.29) is 11.8 Å². The Bertz CT molecular complexity index is 925. The first-order valence-electron chi connectivity index (χ1n) is 9.38. The van der Waals surface area contributed by atoms with Crippen LogP contribution in [0.3, 0.4) is 0 Å². The highest BCUT2D eigenvalue weighted by molar-refractivity contribution is 7.14. The van der Waals surface area contributed by atoms with Crippen molar-refractivity contribution < 1.29 is 17.9 Å². The molecule has 0 spiro atoms. The zero-order valence-corrected chi connectivity index (χ0v) is 17.0. The molecule has 0 aliphatic carbocycles. The summed E-state index contributed by atoms with van der Waals surface area (Å²) in [4.78, 5) is 0. The normalized spacial score (nSPS) is 12.7. The molecule has 0 amide bonds. The number of ether oxygens (including phenoxy) is 1. The number of nitrogens with one attached hydrogen (secondary N) is 1. The zero-order valence-electron chi connectivity index (χ0n) is 16.2. The number of nitrogens with zero attached hydrogens (tertiary/aromatic N) is 2. The quantitative estimate of drug-likeness (QED) is 0.517. The van der Waals surface area contributed by atoms with Crippen LogP contribution >= 0.6 is 11.3 Å². The second-order valence-electron chi connectivity index (χ2n) is 6.51. The maximum absolute atomic E-state index is 12.5. The molecule has 0 fully saturated rings. The number of benzene rings is 2. The Morgan fingerprint density at radius 2 is 1.76 bits per heavy atom. The molecule has 0 aliphatic heterocycles. The average molecular weight is 421 g/mol. The van der Waals surface area contributed by atoms with Crippen LogP contribution in [0.2, 0.25) is 0 Å². The van der Waals surface area contributed by atoms with Gasteiger partial charge in [-0.2, -0.15) is 0 Å². The number of aryl methyl sites for hydroxylation is 1. The largest absolute Gasteiger partial charge is 0.573 e. The molecule has 29 heavy (non-hydrogen) atoms. The number of likely N-dealkylation sites (N-methyl/N-ethyl adjacent to an activating group) is 1. The summed E-state index contributed by atoms with van der Waals surface area (Å²) < 4.78 is 41.4. The van der Waals surface area contributed by atoms with E-state index in [1.54, 1.807) is 6.07 Å². The minimum absolute atomic E-state index is 0.0201. The zero-order chi connectivity index (χ0) is 20.9.